The van der Waals surface area contributed by atoms with Crippen molar-refractivity contribution in [3.8, 4) is 5.75 Å². The molecule has 1 N–H and O–H groups in total. The first-order valence-electron chi connectivity index (χ1n) is 7.43. The number of carbonyl (C=O) groups excluding carboxylic acids is 3. The molecule has 0 saturated carbocycles. The number of carbonyl (C=O) groups is 3. The van der Waals surface area contributed by atoms with E-state index in [-0.39, 0.29) is 16.9 Å². The lowest BCUT2D eigenvalue weighted by Crippen LogP contribution is -2.21. The highest BCUT2D eigenvalue weighted by Gasteiger charge is 2.16. The topological polar surface area (TPSA) is 90.9 Å². The van der Waals surface area contributed by atoms with Gasteiger partial charge in [0, 0.05) is 10.7 Å². The van der Waals surface area contributed by atoms with Gasteiger partial charge >= 0.3 is 11.9 Å². The average Bonchev–Trinajstić information content (AvgIpc) is 2.65. The van der Waals surface area contributed by atoms with Crippen LogP contribution in [0.2, 0.25) is 5.02 Å². The summed E-state index contributed by atoms with van der Waals surface area (Å²) in [7, 11) is 2.66. The van der Waals surface area contributed by atoms with Crippen LogP contribution >= 0.6 is 11.6 Å². The van der Waals surface area contributed by atoms with Crippen LogP contribution in [-0.2, 0) is 14.3 Å². The molecule has 7 nitrogen and oxygen atoms in total. The van der Waals surface area contributed by atoms with Gasteiger partial charge in [-0.1, -0.05) is 17.7 Å². The number of halogens is 1. The van der Waals surface area contributed by atoms with Gasteiger partial charge in [-0.05, 0) is 36.4 Å². The highest BCUT2D eigenvalue weighted by Crippen LogP contribution is 2.23. The minimum atomic E-state index is -0.747. The molecule has 0 spiro atoms. The van der Waals surface area contributed by atoms with Crippen LogP contribution in [-0.4, -0.2) is 38.7 Å². The van der Waals surface area contributed by atoms with E-state index in [9.17, 15) is 14.4 Å². The monoisotopic (exact) mass is 377 g/mol. The smallest absolute Gasteiger partial charge is 0.342 e. The largest absolute Gasteiger partial charge is 0.496 e. The molecule has 0 radical (unpaired) electrons. The van der Waals surface area contributed by atoms with E-state index in [1.807, 2.05) is 0 Å². The van der Waals surface area contributed by atoms with Crippen molar-refractivity contribution < 1.29 is 28.6 Å². The Labute approximate surface area is 154 Å². The van der Waals surface area contributed by atoms with Gasteiger partial charge in [0.1, 0.15) is 11.3 Å². The summed E-state index contributed by atoms with van der Waals surface area (Å²) in [6, 6.07) is 10.7. The Kier molecular flexibility index (Phi) is 6.57. The summed E-state index contributed by atoms with van der Waals surface area (Å²) >= 11 is 5.86. The molecule has 0 aliphatic rings. The Morgan fingerprint density at radius 1 is 1.04 bits per heavy atom. The number of ether oxygens (including phenoxy) is 3. The Balaban J connectivity index is 1.98. The third kappa shape index (κ3) is 4.97. The van der Waals surface area contributed by atoms with Crippen molar-refractivity contribution in [2.24, 2.45) is 0 Å². The second-order valence-electron chi connectivity index (χ2n) is 5.04. The summed E-state index contributed by atoms with van der Waals surface area (Å²) in [4.78, 5) is 35.6. The number of benzene rings is 2. The minimum absolute atomic E-state index is 0.112. The predicted octanol–water partition coefficient (Wildman–Crippen LogP) is 2.93. The van der Waals surface area contributed by atoms with Crippen LogP contribution in [0, 0.1) is 0 Å². The molecule has 0 saturated heterocycles. The summed E-state index contributed by atoms with van der Waals surface area (Å²) in [6.07, 6.45) is 0. The van der Waals surface area contributed by atoms with Crippen LogP contribution in [0.4, 0.5) is 5.69 Å². The molecule has 1 amide bonds. The lowest BCUT2D eigenvalue weighted by Gasteiger charge is -2.10. The first-order valence-corrected chi connectivity index (χ1v) is 7.81. The number of hydrogen-bond donors (Lipinski definition) is 1. The maximum atomic E-state index is 12.1. The highest BCUT2D eigenvalue weighted by atomic mass is 35.5. The van der Waals surface area contributed by atoms with Gasteiger partial charge in [-0.2, -0.15) is 0 Å². The van der Waals surface area contributed by atoms with E-state index in [1.165, 1.54) is 32.4 Å². The maximum Gasteiger partial charge on any atom is 0.342 e. The van der Waals surface area contributed by atoms with Crippen molar-refractivity contribution in [1.82, 2.24) is 0 Å². The molecule has 0 aliphatic heterocycles. The Bertz CT molecular complexity index is 836. The zero-order valence-electron chi connectivity index (χ0n) is 14.1. The number of hydrogen-bond acceptors (Lipinski definition) is 6. The number of nitrogens with one attached hydrogen (secondary N) is 1. The molecule has 2 aromatic carbocycles. The van der Waals surface area contributed by atoms with Crippen LogP contribution in [0.5, 0.6) is 5.75 Å². The standard InChI is InChI=1S/C18H16ClNO6/c1-24-15-7-6-12(19)9-14(15)18(23)26-10-16(21)20-13-5-3-4-11(8-13)17(22)25-2/h3-9H,10H2,1-2H3,(H,20,21). The van der Waals surface area contributed by atoms with Gasteiger partial charge in [0.25, 0.3) is 5.91 Å². The fourth-order valence-corrected chi connectivity index (χ4v) is 2.26. The molecular weight excluding hydrogens is 362 g/mol. The van der Waals surface area contributed by atoms with E-state index in [0.717, 1.165) is 0 Å². The number of amides is 1. The zero-order chi connectivity index (χ0) is 19.1. The Hall–Kier alpha value is -3.06. The SMILES string of the molecule is COC(=O)c1cccc(NC(=O)COC(=O)c2cc(Cl)ccc2OC)c1. The molecule has 2 rings (SSSR count). The van der Waals surface area contributed by atoms with E-state index < -0.39 is 24.5 Å². The first kappa shape index (κ1) is 19.3. The van der Waals surface area contributed by atoms with Gasteiger partial charge < -0.3 is 19.5 Å². The van der Waals surface area contributed by atoms with Crippen molar-refractivity contribution >= 4 is 35.1 Å². The van der Waals surface area contributed by atoms with Crippen LogP contribution in [0.3, 0.4) is 0 Å². The lowest BCUT2D eigenvalue weighted by atomic mass is 10.2. The van der Waals surface area contributed by atoms with Crippen LogP contribution in [0.25, 0.3) is 0 Å². The van der Waals surface area contributed by atoms with Gasteiger partial charge in [0.15, 0.2) is 6.61 Å². The molecule has 0 fully saturated rings. The molecule has 0 unspecified atom stereocenters. The van der Waals surface area contributed by atoms with Gasteiger partial charge in [-0.15, -0.1) is 0 Å². The summed E-state index contributed by atoms with van der Waals surface area (Å²) < 4.78 is 14.7. The maximum absolute atomic E-state index is 12.1. The molecule has 26 heavy (non-hydrogen) atoms. The van der Waals surface area contributed by atoms with E-state index in [2.05, 4.69) is 10.1 Å². The molecular formula is C18H16ClNO6. The molecule has 0 bridgehead atoms. The molecule has 2 aromatic rings. The number of esters is 2. The van der Waals surface area contributed by atoms with Crippen molar-refractivity contribution in [3.05, 3.63) is 58.6 Å². The lowest BCUT2D eigenvalue weighted by molar-refractivity contribution is -0.119. The number of methoxy groups -OCH3 is 2. The van der Waals surface area contributed by atoms with Crippen LogP contribution in [0.1, 0.15) is 20.7 Å². The van der Waals surface area contributed by atoms with Crippen molar-refractivity contribution in [2.45, 2.75) is 0 Å². The predicted molar refractivity (Wildman–Crippen MR) is 94.7 cm³/mol. The van der Waals surface area contributed by atoms with E-state index in [1.54, 1.807) is 24.3 Å². The van der Waals surface area contributed by atoms with Crippen molar-refractivity contribution in [1.29, 1.82) is 0 Å². The van der Waals surface area contributed by atoms with Gasteiger partial charge in [-0.3, -0.25) is 4.79 Å². The second-order valence-corrected chi connectivity index (χ2v) is 5.48. The normalized spacial score (nSPS) is 9.96. The molecule has 0 heterocycles. The van der Waals surface area contributed by atoms with Crippen molar-refractivity contribution in [3.63, 3.8) is 0 Å². The fraction of sp³-hybridized carbons (Fsp3) is 0.167. The first-order chi connectivity index (χ1) is 12.4. The van der Waals surface area contributed by atoms with Gasteiger partial charge in [-0.25, -0.2) is 9.59 Å². The quantitative estimate of drug-likeness (QED) is 0.778. The summed E-state index contributed by atoms with van der Waals surface area (Å²) in [5.74, 6) is -1.56. The molecule has 0 aliphatic carbocycles. The third-order valence-corrected chi connectivity index (χ3v) is 3.52. The molecule has 0 aromatic heterocycles. The van der Waals surface area contributed by atoms with E-state index >= 15 is 0 Å². The summed E-state index contributed by atoms with van der Waals surface area (Å²) in [5, 5.41) is 2.86. The number of anilines is 1. The summed E-state index contributed by atoms with van der Waals surface area (Å²) in [6.45, 7) is -0.517. The molecule has 136 valence electrons. The van der Waals surface area contributed by atoms with Crippen LogP contribution < -0.4 is 10.1 Å². The van der Waals surface area contributed by atoms with Gasteiger partial charge in [0.05, 0.1) is 19.8 Å². The Morgan fingerprint density at radius 3 is 2.50 bits per heavy atom. The summed E-state index contributed by atoms with van der Waals surface area (Å²) in [5.41, 5.74) is 0.765. The van der Waals surface area contributed by atoms with Crippen LogP contribution in [0.15, 0.2) is 42.5 Å². The van der Waals surface area contributed by atoms with E-state index in [0.29, 0.717) is 10.7 Å². The minimum Gasteiger partial charge on any atom is -0.496 e. The Morgan fingerprint density at radius 2 is 1.81 bits per heavy atom. The average molecular weight is 378 g/mol. The number of rotatable bonds is 6. The molecule has 8 heteroatoms. The van der Waals surface area contributed by atoms with E-state index in [4.69, 9.17) is 21.1 Å². The van der Waals surface area contributed by atoms with Crippen molar-refractivity contribution in [2.75, 3.05) is 26.1 Å². The third-order valence-electron chi connectivity index (χ3n) is 3.28. The highest BCUT2D eigenvalue weighted by molar-refractivity contribution is 6.31. The molecule has 0 atom stereocenters. The zero-order valence-corrected chi connectivity index (χ0v) is 14.8. The second kappa shape index (κ2) is 8.87. The fourth-order valence-electron chi connectivity index (χ4n) is 2.09. The van der Waals surface area contributed by atoms with Gasteiger partial charge in [0.2, 0.25) is 0 Å².